The summed E-state index contributed by atoms with van der Waals surface area (Å²) in [6.45, 7) is 9.74. The summed E-state index contributed by atoms with van der Waals surface area (Å²) in [6, 6.07) is 18.3. The second kappa shape index (κ2) is 15.9. The smallest absolute Gasteiger partial charge is 0.191 e. The predicted molar refractivity (Wildman–Crippen MR) is 147 cm³/mol. The molecule has 0 amide bonds. The molecule has 6 nitrogen and oxygen atoms in total. The molecule has 0 saturated heterocycles. The number of aliphatic hydroxyl groups excluding tert-OH is 1. The average molecular weight is 570 g/mol. The molecular formula is C26H40IN3O3. The summed E-state index contributed by atoms with van der Waals surface area (Å²) < 4.78 is 10.7. The Labute approximate surface area is 216 Å². The molecule has 0 saturated carbocycles. The van der Waals surface area contributed by atoms with Gasteiger partial charge in [0.2, 0.25) is 0 Å². The fourth-order valence-electron chi connectivity index (χ4n) is 3.44. The molecule has 33 heavy (non-hydrogen) atoms. The molecule has 0 fully saturated rings. The van der Waals surface area contributed by atoms with Gasteiger partial charge < -0.3 is 25.2 Å². The molecule has 2 rings (SSSR count). The second-order valence-electron chi connectivity index (χ2n) is 8.48. The van der Waals surface area contributed by atoms with Crippen molar-refractivity contribution in [3.63, 3.8) is 0 Å². The lowest BCUT2D eigenvalue weighted by Gasteiger charge is -2.33. The van der Waals surface area contributed by atoms with Crippen molar-refractivity contribution in [1.82, 2.24) is 10.6 Å². The molecule has 0 aliphatic heterocycles. The van der Waals surface area contributed by atoms with Crippen LogP contribution in [0.25, 0.3) is 0 Å². The second-order valence-corrected chi connectivity index (χ2v) is 8.48. The number of hydrogen-bond donors (Lipinski definition) is 3. The van der Waals surface area contributed by atoms with Crippen LogP contribution >= 0.6 is 24.0 Å². The Morgan fingerprint density at radius 2 is 1.76 bits per heavy atom. The molecule has 184 valence electrons. The lowest BCUT2D eigenvalue weighted by atomic mass is 9.75. The van der Waals surface area contributed by atoms with Gasteiger partial charge >= 0.3 is 0 Å². The van der Waals surface area contributed by atoms with Gasteiger partial charge in [-0.2, -0.15) is 0 Å². The van der Waals surface area contributed by atoms with Gasteiger partial charge in [-0.05, 0) is 42.0 Å². The number of aliphatic hydroxyl groups is 1. The van der Waals surface area contributed by atoms with Crippen molar-refractivity contribution in [2.45, 2.75) is 39.7 Å². The van der Waals surface area contributed by atoms with E-state index in [1.54, 1.807) is 7.11 Å². The van der Waals surface area contributed by atoms with Gasteiger partial charge in [-0.15, -0.1) is 24.0 Å². The van der Waals surface area contributed by atoms with E-state index in [4.69, 9.17) is 14.5 Å². The highest BCUT2D eigenvalue weighted by Crippen LogP contribution is 2.34. The molecule has 7 heteroatoms. The molecule has 1 atom stereocenters. The molecular weight excluding hydrogens is 529 g/mol. The number of methoxy groups -OCH3 is 1. The topological polar surface area (TPSA) is 75.1 Å². The summed E-state index contributed by atoms with van der Waals surface area (Å²) in [4.78, 5) is 4.79. The van der Waals surface area contributed by atoms with Crippen LogP contribution in [0.15, 0.2) is 59.6 Å². The van der Waals surface area contributed by atoms with Crippen LogP contribution in [-0.2, 0) is 11.3 Å². The Hall–Kier alpha value is -1.84. The summed E-state index contributed by atoms with van der Waals surface area (Å²) in [5, 5.41) is 16.9. The van der Waals surface area contributed by atoms with Crippen LogP contribution in [0.1, 0.15) is 44.2 Å². The molecule has 0 radical (unpaired) electrons. The zero-order chi connectivity index (χ0) is 23.2. The lowest BCUT2D eigenvalue weighted by molar-refractivity contribution is 0.131. The first kappa shape index (κ1) is 29.2. The van der Waals surface area contributed by atoms with Crippen molar-refractivity contribution in [3.8, 4) is 5.75 Å². The minimum atomic E-state index is -0.273. The predicted octanol–water partition coefficient (Wildman–Crippen LogP) is 4.58. The zero-order valence-corrected chi connectivity index (χ0v) is 22.7. The summed E-state index contributed by atoms with van der Waals surface area (Å²) >= 11 is 0. The summed E-state index contributed by atoms with van der Waals surface area (Å²) in [5.41, 5.74) is 2.03. The largest absolute Gasteiger partial charge is 0.497 e. The number of aliphatic imine (C=N–C) groups is 1. The summed E-state index contributed by atoms with van der Waals surface area (Å²) in [6.07, 6.45) is 0.904. The number of guanidine groups is 1. The minimum Gasteiger partial charge on any atom is -0.497 e. The van der Waals surface area contributed by atoms with Gasteiger partial charge in [-0.3, -0.25) is 0 Å². The van der Waals surface area contributed by atoms with Gasteiger partial charge in [0.05, 0.1) is 13.7 Å². The van der Waals surface area contributed by atoms with E-state index in [9.17, 15) is 5.11 Å². The number of halogens is 1. The third-order valence-electron chi connectivity index (χ3n) is 5.57. The highest BCUT2D eigenvalue weighted by atomic mass is 127. The molecule has 0 aliphatic carbocycles. The maximum absolute atomic E-state index is 10.0. The Kier molecular flexibility index (Phi) is 14.1. The fourth-order valence-corrected chi connectivity index (χ4v) is 3.44. The van der Waals surface area contributed by atoms with E-state index < -0.39 is 0 Å². The van der Waals surface area contributed by atoms with Crippen molar-refractivity contribution in [2.75, 3.05) is 40.0 Å². The van der Waals surface area contributed by atoms with Gasteiger partial charge in [0.1, 0.15) is 5.75 Å². The quantitative estimate of drug-likeness (QED) is 0.143. The standard InChI is InChI=1S/C26H39N3O3.HI/c1-5-32-17-9-16-27-25(28-18-21-12-14-23(31-4)15-13-21)29-19-24(26(2,3)20-30)22-10-7-6-8-11-22;/h6-8,10-15,24,30H,5,9,16-20H2,1-4H3,(H2,27,28,29);1H. The first-order valence-corrected chi connectivity index (χ1v) is 11.4. The van der Waals surface area contributed by atoms with Crippen LogP contribution in [0.4, 0.5) is 0 Å². The fraction of sp³-hybridized carbons (Fsp3) is 0.500. The highest BCUT2D eigenvalue weighted by molar-refractivity contribution is 14.0. The first-order chi connectivity index (χ1) is 15.5. The molecule has 1 unspecified atom stereocenters. The number of nitrogens with zero attached hydrogens (tertiary/aromatic N) is 1. The van der Waals surface area contributed by atoms with Crippen LogP contribution in [0, 0.1) is 5.41 Å². The van der Waals surface area contributed by atoms with Crippen LogP contribution in [0.3, 0.4) is 0 Å². The Bertz CT molecular complexity index is 798. The third kappa shape index (κ3) is 10.3. The van der Waals surface area contributed by atoms with Gasteiger partial charge in [-0.1, -0.05) is 56.3 Å². The van der Waals surface area contributed by atoms with Gasteiger partial charge in [0.15, 0.2) is 5.96 Å². The minimum absolute atomic E-state index is 0. The zero-order valence-electron chi connectivity index (χ0n) is 20.3. The Morgan fingerprint density at radius 1 is 1.06 bits per heavy atom. The molecule has 0 aromatic heterocycles. The van der Waals surface area contributed by atoms with Gasteiger partial charge in [-0.25, -0.2) is 4.99 Å². The summed E-state index contributed by atoms with van der Waals surface area (Å²) in [7, 11) is 1.67. The van der Waals surface area contributed by atoms with E-state index in [0.717, 1.165) is 43.5 Å². The van der Waals surface area contributed by atoms with Crippen LogP contribution in [0.2, 0.25) is 0 Å². The van der Waals surface area contributed by atoms with Gasteiger partial charge in [0.25, 0.3) is 0 Å². The number of nitrogens with one attached hydrogen (secondary N) is 2. The van der Waals surface area contributed by atoms with Crippen molar-refractivity contribution in [2.24, 2.45) is 10.4 Å². The Balaban J connectivity index is 0.00000544. The maximum atomic E-state index is 10.0. The van der Waals surface area contributed by atoms with E-state index in [0.29, 0.717) is 13.1 Å². The molecule has 0 spiro atoms. The molecule has 2 aromatic rings. The average Bonchev–Trinajstić information content (AvgIpc) is 2.82. The molecule has 0 aliphatic rings. The van der Waals surface area contributed by atoms with Crippen LogP contribution in [0.5, 0.6) is 5.75 Å². The number of benzene rings is 2. The van der Waals surface area contributed by atoms with E-state index in [1.807, 2.05) is 49.4 Å². The molecule has 0 bridgehead atoms. The third-order valence-corrected chi connectivity index (χ3v) is 5.57. The molecule has 0 heterocycles. The van der Waals surface area contributed by atoms with Gasteiger partial charge in [0, 0.05) is 38.8 Å². The van der Waals surface area contributed by atoms with E-state index in [1.165, 1.54) is 5.56 Å². The van der Waals surface area contributed by atoms with Crippen molar-refractivity contribution in [3.05, 3.63) is 65.7 Å². The number of rotatable bonds is 13. The number of ether oxygens (including phenoxy) is 2. The first-order valence-electron chi connectivity index (χ1n) is 11.4. The molecule has 3 N–H and O–H groups in total. The maximum Gasteiger partial charge on any atom is 0.191 e. The SMILES string of the molecule is CCOCCCNC(=NCc1ccc(OC)cc1)NCC(c1ccccc1)C(C)(C)CO.I. The summed E-state index contributed by atoms with van der Waals surface area (Å²) in [5.74, 6) is 1.72. The highest BCUT2D eigenvalue weighted by Gasteiger charge is 2.30. The van der Waals surface area contributed by atoms with Crippen LogP contribution in [-0.4, -0.2) is 51.1 Å². The normalized spacial score (nSPS) is 12.6. The lowest BCUT2D eigenvalue weighted by Crippen LogP contribution is -2.43. The number of hydrogen-bond acceptors (Lipinski definition) is 4. The van der Waals surface area contributed by atoms with Crippen molar-refractivity contribution < 1.29 is 14.6 Å². The van der Waals surface area contributed by atoms with Crippen LogP contribution < -0.4 is 15.4 Å². The monoisotopic (exact) mass is 569 g/mol. The van der Waals surface area contributed by atoms with E-state index in [-0.39, 0.29) is 41.9 Å². The van der Waals surface area contributed by atoms with E-state index >= 15 is 0 Å². The Morgan fingerprint density at radius 3 is 2.36 bits per heavy atom. The van der Waals surface area contributed by atoms with Crippen molar-refractivity contribution in [1.29, 1.82) is 0 Å². The van der Waals surface area contributed by atoms with E-state index in [2.05, 4.69) is 36.6 Å². The molecule has 2 aromatic carbocycles. The van der Waals surface area contributed by atoms with Crippen molar-refractivity contribution >= 4 is 29.9 Å².